The molecular weight excluding hydrogens is 266 g/mol. The van der Waals surface area contributed by atoms with E-state index >= 15 is 0 Å². The minimum Gasteiger partial charge on any atom is -0.302 e. The standard InChI is InChI=1S/C7H8OP.C4H4P.Fe/c1-5-4-9-7(3-8)6(5)2;1-2-4-5-3-1;/h3-4H,1-2H3;1-4H;. The van der Waals surface area contributed by atoms with Crippen LogP contribution in [0.2, 0.25) is 0 Å². The number of hydrogen-bond donors (Lipinski definition) is 0. The van der Waals surface area contributed by atoms with Gasteiger partial charge in [-0.15, -0.1) is 0 Å². The molecule has 2 aliphatic rings. The van der Waals surface area contributed by atoms with Crippen molar-refractivity contribution in [1.29, 1.82) is 0 Å². The van der Waals surface area contributed by atoms with Crippen LogP contribution in [0.5, 0.6) is 0 Å². The maximum Gasteiger partial charge on any atom is 0.132 e. The van der Waals surface area contributed by atoms with Crippen molar-refractivity contribution in [3.63, 3.8) is 0 Å². The van der Waals surface area contributed by atoms with Gasteiger partial charge in [0.2, 0.25) is 0 Å². The van der Waals surface area contributed by atoms with Gasteiger partial charge in [-0.05, 0) is 43.2 Å². The molecule has 0 amide bonds. The zero-order valence-corrected chi connectivity index (χ0v) is 11.5. The Morgan fingerprint density at radius 2 is 1.80 bits per heavy atom. The summed E-state index contributed by atoms with van der Waals surface area (Å²) in [6.07, 6.45) is 11.3. The molecule has 0 aromatic carbocycles. The molecule has 0 aromatic heterocycles. The van der Waals surface area contributed by atoms with E-state index in [1.807, 2.05) is 26.7 Å². The maximum atomic E-state index is 10.3. The van der Waals surface area contributed by atoms with E-state index in [4.69, 9.17) is 0 Å². The second-order valence-electron chi connectivity index (χ2n) is 2.90. The normalized spacial score (nSPS) is 24.7. The van der Waals surface area contributed by atoms with Gasteiger partial charge in [-0.3, -0.25) is 0 Å². The zero-order valence-electron chi connectivity index (χ0n) is 8.62. The third kappa shape index (κ3) is 5.78. The van der Waals surface area contributed by atoms with E-state index in [0.717, 1.165) is 26.4 Å². The van der Waals surface area contributed by atoms with E-state index in [2.05, 4.69) is 18.5 Å². The molecule has 15 heavy (non-hydrogen) atoms. The van der Waals surface area contributed by atoms with Crippen LogP contribution < -0.4 is 0 Å². The molecule has 2 saturated heterocycles. The summed E-state index contributed by atoms with van der Waals surface area (Å²) in [6.45, 7) is 4.01. The SMILES string of the molecule is C[C]1[CH][P][C](C=O)[C]1C.[CH]1[CH][CH][P][CH]1.[Fe]. The van der Waals surface area contributed by atoms with E-state index in [1.54, 1.807) is 0 Å². The van der Waals surface area contributed by atoms with Gasteiger partial charge in [0.1, 0.15) is 6.29 Å². The minimum absolute atomic E-state index is 0. The van der Waals surface area contributed by atoms with E-state index in [0.29, 0.717) is 0 Å². The third-order valence-electron chi connectivity index (χ3n) is 1.94. The number of carbonyl (C=O) groups is 1. The molecule has 0 aromatic rings. The molecule has 10 radical (unpaired) electrons. The number of hydrogen-bond acceptors (Lipinski definition) is 1. The molecule has 2 fully saturated rings. The van der Waals surface area contributed by atoms with Crippen molar-refractivity contribution in [3.05, 3.63) is 48.8 Å². The van der Waals surface area contributed by atoms with Gasteiger partial charge in [-0.2, -0.15) is 0 Å². The summed E-state index contributed by atoms with van der Waals surface area (Å²) < 4.78 is 0. The molecule has 1 nitrogen and oxygen atoms in total. The molecular formula is C11H12FeOP2. The molecule has 0 bridgehead atoms. The first-order valence-corrected chi connectivity index (χ1v) is 6.31. The Labute approximate surface area is 108 Å². The van der Waals surface area contributed by atoms with Crippen LogP contribution in [0.15, 0.2) is 0 Å². The van der Waals surface area contributed by atoms with Crippen LogP contribution in [-0.4, -0.2) is 6.29 Å². The summed E-state index contributed by atoms with van der Waals surface area (Å²) in [6, 6.07) is 0. The van der Waals surface area contributed by atoms with Crippen LogP contribution in [0.25, 0.3) is 0 Å². The third-order valence-corrected chi connectivity index (χ3v) is 3.86. The Morgan fingerprint density at radius 3 is 2.00 bits per heavy atom. The molecule has 0 spiro atoms. The predicted octanol–water partition coefficient (Wildman–Crippen LogP) is 3.70. The molecule has 2 aliphatic heterocycles. The average molecular weight is 278 g/mol. The fourth-order valence-electron chi connectivity index (χ4n) is 0.929. The summed E-state index contributed by atoms with van der Waals surface area (Å²) in [4.78, 5) is 10.3. The van der Waals surface area contributed by atoms with Gasteiger partial charge >= 0.3 is 0 Å². The molecule has 0 N–H and O–H groups in total. The molecule has 0 unspecified atom stereocenters. The van der Waals surface area contributed by atoms with Crippen LogP contribution in [0.3, 0.4) is 0 Å². The van der Waals surface area contributed by atoms with Gasteiger partial charge in [0.15, 0.2) is 0 Å². The van der Waals surface area contributed by atoms with Crippen LogP contribution >= 0.6 is 17.2 Å². The van der Waals surface area contributed by atoms with Crippen LogP contribution in [0.4, 0.5) is 0 Å². The van der Waals surface area contributed by atoms with Crippen LogP contribution in [0.1, 0.15) is 13.8 Å². The van der Waals surface area contributed by atoms with E-state index in [-0.39, 0.29) is 17.1 Å². The van der Waals surface area contributed by atoms with Gasteiger partial charge < -0.3 is 4.79 Å². The minimum atomic E-state index is 0. The second-order valence-corrected chi connectivity index (χ2v) is 4.79. The Balaban J connectivity index is 0.000000280. The molecule has 0 atom stereocenters. The average Bonchev–Trinajstić information content (AvgIpc) is 2.82. The largest absolute Gasteiger partial charge is 0.302 e. The fourth-order valence-corrected chi connectivity index (χ4v) is 2.38. The Morgan fingerprint density at radius 1 is 1.20 bits per heavy atom. The van der Waals surface area contributed by atoms with Gasteiger partial charge in [-0.25, -0.2) is 0 Å². The van der Waals surface area contributed by atoms with Crippen molar-refractivity contribution < 1.29 is 21.9 Å². The van der Waals surface area contributed by atoms with Gasteiger partial charge in [0.05, 0.1) is 5.66 Å². The van der Waals surface area contributed by atoms with Crippen LogP contribution in [-0.2, 0) is 21.9 Å². The van der Waals surface area contributed by atoms with Crippen molar-refractivity contribution in [1.82, 2.24) is 0 Å². The molecule has 0 saturated carbocycles. The molecule has 2 rings (SSSR count). The van der Waals surface area contributed by atoms with E-state index in [1.165, 1.54) is 14.5 Å². The number of carbonyl (C=O) groups excluding carboxylic acids is 1. The summed E-state index contributed by atoms with van der Waals surface area (Å²) in [5.41, 5.74) is 0.910. The fraction of sp³-hybridized carbons (Fsp3) is 0.182. The quantitative estimate of drug-likeness (QED) is 0.406. The molecule has 80 valence electrons. The second kappa shape index (κ2) is 9.12. The van der Waals surface area contributed by atoms with Crippen molar-refractivity contribution >= 4 is 23.4 Å². The monoisotopic (exact) mass is 278 g/mol. The summed E-state index contributed by atoms with van der Waals surface area (Å²) in [5.74, 6) is 2.38. The molecule has 0 aliphatic carbocycles. The first-order chi connectivity index (χ1) is 6.75. The predicted molar refractivity (Wildman–Crippen MR) is 62.5 cm³/mol. The summed E-state index contributed by atoms with van der Waals surface area (Å²) in [7, 11) is 2.39. The zero-order chi connectivity index (χ0) is 10.4. The summed E-state index contributed by atoms with van der Waals surface area (Å²) in [5, 5.41) is 0. The van der Waals surface area contributed by atoms with Crippen molar-refractivity contribution in [2.75, 3.05) is 0 Å². The first-order valence-electron chi connectivity index (χ1n) is 4.31. The number of rotatable bonds is 1. The summed E-state index contributed by atoms with van der Waals surface area (Å²) >= 11 is 0. The van der Waals surface area contributed by atoms with Crippen LogP contribution in [0, 0.1) is 48.8 Å². The maximum absolute atomic E-state index is 10.3. The Kier molecular flexibility index (Phi) is 9.76. The van der Waals surface area contributed by atoms with Crippen molar-refractivity contribution in [3.8, 4) is 0 Å². The Hall–Kier alpha value is 1.05. The number of aldehydes is 1. The van der Waals surface area contributed by atoms with E-state index < -0.39 is 0 Å². The van der Waals surface area contributed by atoms with E-state index in [9.17, 15) is 4.79 Å². The van der Waals surface area contributed by atoms with Crippen molar-refractivity contribution in [2.45, 2.75) is 13.8 Å². The first kappa shape index (κ1) is 16.0. The van der Waals surface area contributed by atoms with Gasteiger partial charge in [0, 0.05) is 17.1 Å². The smallest absolute Gasteiger partial charge is 0.132 e. The topological polar surface area (TPSA) is 17.1 Å². The van der Waals surface area contributed by atoms with Crippen molar-refractivity contribution in [2.24, 2.45) is 0 Å². The van der Waals surface area contributed by atoms with Gasteiger partial charge in [-0.1, -0.05) is 31.0 Å². The molecule has 4 heteroatoms. The van der Waals surface area contributed by atoms with Gasteiger partial charge in [0.25, 0.3) is 0 Å². The molecule has 2 heterocycles. The Bertz CT molecular complexity index is 166.